The maximum atomic E-state index is 5.26. The van der Waals surface area contributed by atoms with Gasteiger partial charge in [0.15, 0.2) is 0 Å². The van der Waals surface area contributed by atoms with Crippen LogP contribution < -0.4 is 4.74 Å². The van der Waals surface area contributed by atoms with Crippen LogP contribution in [0, 0.1) is 6.92 Å². The van der Waals surface area contributed by atoms with Crippen LogP contribution in [0.2, 0.25) is 0 Å². The molecule has 2 heterocycles. The Labute approximate surface area is 166 Å². The number of hydrogen-bond acceptors (Lipinski definition) is 6. The molecule has 6 heteroatoms. The summed E-state index contributed by atoms with van der Waals surface area (Å²) < 4.78 is 14.4. The van der Waals surface area contributed by atoms with E-state index in [9.17, 15) is 0 Å². The molecule has 0 atom stereocenters. The zero-order chi connectivity index (χ0) is 19.1. The molecule has 0 radical (unpaired) electrons. The molecule has 0 saturated heterocycles. The number of ether oxygens (including phenoxy) is 1. The lowest BCUT2D eigenvalue weighted by molar-refractivity contribution is 0.415. The predicted octanol–water partition coefficient (Wildman–Crippen LogP) is 5.29. The van der Waals surface area contributed by atoms with E-state index in [-0.39, 0.29) is 0 Å². The monoisotopic (exact) mass is 384 g/mol. The number of aromatic nitrogens is 4. The van der Waals surface area contributed by atoms with E-state index in [0.717, 1.165) is 55.8 Å². The molecule has 5 aromatic rings. The van der Waals surface area contributed by atoms with Crippen LogP contribution in [0.3, 0.4) is 0 Å². The fraction of sp³-hybridized carbons (Fsp3) is 0.0909. The number of benzene rings is 3. The summed E-state index contributed by atoms with van der Waals surface area (Å²) in [6.07, 6.45) is 1.79. The topological polar surface area (TPSA) is 60.8 Å². The largest absolute Gasteiger partial charge is 0.497 e. The van der Waals surface area contributed by atoms with Crippen molar-refractivity contribution in [2.75, 3.05) is 7.11 Å². The lowest BCUT2D eigenvalue weighted by atomic mass is 9.97. The fourth-order valence-corrected chi connectivity index (χ4v) is 3.95. The first kappa shape index (κ1) is 16.8. The molecule has 5 rings (SSSR count). The van der Waals surface area contributed by atoms with Crippen molar-refractivity contribution < 1.29 is 4.74 Å². The van der Waals surface area contributed by atoms with Gasteiger partial charge in [-0.25, -0.2) is 4.98 Å². The first-order valence-corrected chi connectivity index (χ1v) is 9.59. The summed E-state index contributed by atoms with van der Waals surface area (Å²) in [5.74, 6) is 0.834. The van der Waals surface area contributed by atoms with Crippen molar-refractivity contribution >= 4 is 33.8 Å². The van der Waals surface area contributed by atoms with Gasteiger partial charge in [0.05, 0.1) is 35.6 Å². The molecule has 0 aliphatic carbocycles. The average molecular weight is 384 g/mol. The maximum Gasteiger partial charge on any atom is 0.118 e. The molecule has 0 spiro atoms. The van der Waals surface area contributed by atoms with Crippen LogP contribution in [0.4, 0.5) is 0 Å². The van der Waals surface area contributed by atoms with Crippen LogP contribution in [-0.4, -0.2) is 25.8 Å². The standard InChI is InChI=1S/C22H16N4OS/c1-13-12-23-19-10-5-15(11-20(19)24-13)18-9-8-17(21-22(18)26-28-25-21)14-3-6-16(27-2)7-4-14/h3-12H,1-2H3. The average Bonchev–Trinajstić information content (AvgIpc) is 3.22. The van der Waals surface area contributed by atoms with E-state index in [1.165, 1.54) is 11.7 Å². The van der Waals surface area contributed by atoms with Crippen LogP contribution in [0.5, 0.6) is 5.75 Å². The van der Waals surface area contributed by atoms with Gasteiger partial charge in [0, 0.05) is 17.3 Å². The Kier molecular flexibility index (Phi) is 3.98. The Bertz CT molecular complexity index is 1310. The highest BCUT2D eigenvalue weighted by molar-refractivity contribution is 7.00. The molecule has 0 fully saturated rings. The van der Waals surface area contributed by atoms with E-state index in [2.05, 4.69) is 43.0 Å². The maximum absolute atomic E-state index is 5.26. The molecule has 0 aliphatic rings. The zero-order valence-electron chi connectivity index (χ0n) is 15.4. The van der Waals surface area contributed by atoms with Crippen LogP contribution in [0.1, 0.15) is 5.69 Å². The first-order chi connectivity index (χ1) is 13.7. The minimum Gasteiger partial charge on any atom is -0.497 e. The summed E-state index contributed by atoms with van der Waals surface area (Å²) in [6, 6.07) is 18.3. The molecule has 136 valence electrons. The molecule has 0 amide bonds. The Hall–Kier alpha value is -3.38. The Morgan fingerprint density at radius 3 is 2.18 bits per heavy atom. The van der Waals surface area contributed by atoms with Crippen LogP contribution in [-0.2, 0) is 0 Å². The zero-order valence-corrected chi connectivity index (χ0v) is 16.2. The van der Waals surface area contributed by atoms with E-state index in [0.29, 0.717) is 0 Å². The second-order valence-electron chi connectivity index (χ2n) is 6.57. The molecule has 0 aliphatic heterocycles. The predicted molar refractivity (Wildman–Crippen MR) is 113 cm³/mol. The summed E-state index contributed by atoms with van der Waals surface area (Å²) >= 11 is 1.23. The number of rotatable bonds is 3. The van der Waals surface area contributed by atoms with Crippen LogP contribution in [0.15, 0.2) is 60.8 Å². The van der Waals surface area contributed by atoms with Crippen LogP contribution in [0.25, 0.3) is 44.3 Å². The van der Waals surface area contributed by atoms with Crippen molar-refractivity contribution in [3.05, 3.63) is 66.5 Å². The van der Waals surface area contributed by atoms with Gasteiger partial charge in [-0.3, -0.25) is 4.98 Å². The van der Waals surface area contributed by atoms with Crippen molar-refractivity contribution in [2.24, 2.45) is 0 Å². The molecule has 0 N–H and O–H groups in total. The lowest BCUT2D eigenvalue weighted by Gasteiger charge is -2.08. The van der Waals surface area contributed by atoms with E-state index < -0.39 is 0 Å². The van der Waals surface area contributed by atoms with Crippen molar-refractivity contribution in [1.29, 1.82) is 0 Å². The number of fused-ring (bicyclic) bond motifs is 2. The lowest BCUT2D eigenvalue weighted by Crippen LogP contribution is -1.89. The SMILES string of the molecule is COc1ccc(-c2ccc(-c3ccc4ncc(C)nc4c3)c3nsnc23)cc1. The second-order valence-corrected chi connectivity index (χ2v) is 7.09. The van der Waals surface area contributed by atoms with Gasteiger partial charge in [-0.05, 0) is 42.3 Å². The van der Waals surface area contributed by atoms with Gasteiger partial charge in [0.1, 0.15) is 16.8 Å². The van der Waals surface area contributed by atoms with E-state index in [1.807, 2.05) is 37.3 Å². The normalized spacial score (nSPS) is 11.2. The number of aryl methyl sites for hydroxylation is 1. The van der Waals surface area contributed by atoms with Crippen molar-refractivity contribution in [3.8, 4) is 28.0 Å². The molecule has 5 nitrogen and oxygen atoms in total. The van der Waals surface area contributed by atoms with E-state index in [4.69, 9.17) is 4.74 Å². The van der Waals surface area contributed by atoms with Gasteiger partial charge in [-0.2, -0.15) is 8.75 Å². The third kappa shape index (κ3) is 2.78. The molecule has 2 aromatic heterocycles. The van der Waals surface area contributed by atoms with Crippen molar-refractivity contribution in [1.82, 2.24) is 18.7 Å². The number of methoxy groups -OCH3 is 1. The fourth-order valence-electron chi connectivity index (χ4n) is 3.37. The van der Waals surface area contributed by atoms with Gasteiger partial charge in [0.25, 0.3) is 0 Å². The van der Waals surface area contributed by atoms with Gasteiger partial charge in [0.2, 0.25) is 0 Å². The second kappa shape index (κ2) is 6.65. The minimum atomic E-state index is 0.834. The van der Waals surface area contributed by atoms with Gasteiger partial charge >= 0.3 is 0 Å². The third-order valence-electron chi connectivity index (χ3n) is 4.79. The highest BCUT2D eigenvalue weighted by Crippen LogP contribution is 2.35. The Morgan fingerprint density at radius 1 is 0.786 bits per heavy atom. The Morgan fingerprint density at radius 2 is 1.46 bits per heavy atom. The number of hydrogen-bond donors (Lipinski definition) is 0. The summed E-state index contributed by atoms with van der Waals surface area (Å²) in [7, 11) is 1.67. The van der Waals surface area contributed by atoms with Gasteiger partial charge in [-0.1, -0.05) is 30.3 Å². The molecule has 28 heavy (non-hydrogen) atoms. The minimum absolute atomic E-state index is 0.834. The van der Waals surface area contributed by atoms with Crippen molar-refractivity contribution in [3.63, 3.8) is 0 Å². The molecular weight excluding hydrogens is 368 g/mol. The Balaban J connectivity index is 1.66. The highest BCUT2D eigenvalue weighted by atomic mass is 32.1. The van der Waals surface area contributed by atoms with E-state index >= 15 is 0 Å². The van der Waals surface area contributed by atoms with Gasteiger partial charge in [-0.15, -0.1) is 0 Å². The third-order valence-corrected chi connectivity index (χ3v) is 5.32. The number of nitrogens with zero attached hydrogens (tertiary/aromatic N) is 4. The summed E-state index contributed by atoms with van der Waals surface area (Å²) in [5.41, 5.74) is 8.74. The molecule has 0 bridgehead atoms. The highest BCUT2D eigenvalue weighted by Gasteiger charge is 2.14. The van der Waals surface area contributed by atoms with Gasteiger partial charge < -0.3 is 4.74 Å². The van der Waals surface area contributed by atoms with E-state index in [1.54, 1.807) is 13.3 Å². The summed E-state index contributed by atoms with van der Waals surface area (Å²) in [4.78, 5) is 9.04. The molecule has 0 saturated carbocycles. The molecular formula is C22H16N4OS. The summed E-state index contributed by atoms with van der Waals surface area (Å²) in [6.45, 7) is 1.95. The smallest absolute Gasteiger partial charge is 0.118 e. The molecule has 0 unspecified atom stereocenters. The quantitative estimate of drug-likeness (QED) is 0.423. The molecule has 3 aromatic carbocycles. The summed E-state index contributed by atoms with van der Waals surface area (Å²) in [5, 5.41) is 0. The van der Waals surface area contributed by atoms with Crippen LogP contribution >= 0.6 is 11.7 Å². The first-order valence-electron chi connectivity index (χ1n) is 8.86. The van der Waals surface area contributed by atoms with Crippen molar-refractivity contribution in [2.45, 2.75) is 6.92 Å².